The van der Waals surface area contributed by atoms with Crippen molar-refractivity contribution >= 4 is 34.2 Å². The second kappa shape index (κ2) is 5.33. The van der Waals surface area contributed by atoms with Crippen molar-refractivity contribution in [2.45, 2.75) is 25.5 Å². The molecule has 21 heavy (non-hydrogen) atoms. The topological polar surface area (TPSA) is 69.3 Å². The maximum Gasteiger partial charge on any atom is 0.262 e. The number of aryl methyl sites for hydroxylation is 1. The number of aromatic nitrogens is 4. The largest absolute Gasteiger partial charge is 0.299 e. The summed E-state index contributed by atoms with van der Waals surface area (Å²) in [5, 5.41) is 9.50. The number of Topliss-reactive ketones (excluding diaryl/α,β-unsaturated/α-hetero) is 1. The van der Waals surface area contributed by atoms with Crippen LogP contribution in [0, 0.1) is 0 Å². The van der Waals surface area contributed by atoms with Crippen LogP contribution >= 0.6 is 11.8 Å². The summed E-state index contributed by atoms with van der Waals surface area (Å²) in [4.78, 5) is 23.7. The van der Waals surface area contributed by atoms with Crippen LogP contribution in [0.3, 0.4) is 0 Å². The first-order chi connectivity index (χ1) is 10.1. The lowest BCUT2D eigenvalue weighted by atomic mass is 10.2. The summed E-state index contributed by atoms with van der Waals surface area (Å²) in [5.74, 6) is 0.914. The number of benzene rings is 1. The first-order valence-corrected chi connectivity index (χ1v) is 7.61. The maximum atomic E-state index is 12.5. The number of nitrogens with zero attached hydrogens (tertiary/aromatic N) is 4. The average molecular weight is 302 g/mol. The smallest absolute Gasteiger partial charge is 0.262 e. The summed E-state index contributed by atoms with van der Waals surface area (Å²) in [6, 6.07) is 7.37. The Morgan fingerprint density at radius 2 is 2.05 bits per heavy atom. The lowest BCUT2D eigenvalue weighted by Gasteiger charge is -2.08. The molecule has 3 rings (SSSR count). The monoisotopic (exact) mass is 302 g/mol. The normalized spacial score (nSPS) is 11.3. The summed E-state index contributed by atoms with van der Waals surface area (Å²) < 4.78 is 3.43. The van der Waals surface area contributed by atoms with Gasteiger partial charge in [-0.3, -0.25) is 18.6 Å². The highest BCUT2D eigenvalue weighted by Crippen LogP contribution is 2.21. The second-order valence-corrected chi connectivity index (χ2v) is 5.62. The van der Waals surface area contributed by atoms with Crippen LogP contribution in [0.25, 0.3) is 16.7 Å². The molecule has 0 radical (unpaired) electrons. The number of rotatable bonds is 4. The Labute approximate surface area is 124 Å². The van der Waals surface area contributed by atoms with Crippen LogP contribution in [-0.2, 0) is 11.3 Å². The molecule has 108 valence electrons. The zero-order chi connectivity index (χ0) is 15.0. The van der Waals surface area contributed by atoms with Gasteiger partial charge in [0.15, 0.2) is 5.16 Å². The van der Waals surface area contributed by atoms with Crippen LogP contribution < -0.4 is 5.56 Å². The zero-order valence-corrected chi connectivity index (χ0v) is 12.6. The van der Waals surface area contributed by atoms with Gasteiger partial charge in [-0.15, -0.1) is 10.2 Å². The quantitative estimate of drug-likeness (QED) is 0.687. The molecule has 0 atom stereocenters. The first kappa shape index (κ1) is 13.8. The fourth-order valence-corrected chi connectivity index (χ4v) is 3.02. The van der Waals surface area contributed by atoms with E-state index in [2.05, 4.69) is 10.2 Å². The van der Waals surface area contributed by atoms with E-state index in [1.54, 1.807) is 10.6 Å². The zero-order valence-electron chi connectivity index (χ0n) is 11.7. The number of carbonyl (C=O) groups is 1. The molecule has 1 aromatic carbocycles. The van der Waals surface area contributed by atoms with Crippen LogP contribution in [-0.4, -0.2) is 30.7 Å². The van der Waals surface area contributed by atoms with E-state index in [-0.39, 0.29) is 11.3 Å². The fraction of sp³-hybridized carbons (Fsp3) is 0.286. The minimum atomic E-state index is -0.0730. The van der Waals surface area contributed by atoms with E-state index in [1.165, 1.54) is 18.7 Å². The van der Waals surface area contributed by atoms with Gasteiger partial charge >= 0.3 is 0 Å². The van der Waals surface area contributed by atoms with E-state index in [0.29, 0.717) is 28.6 Å². The molecule has 7 heteroatoms. The SMILES string of the molecule is CCn1c(=O)c2ccccc2n2c(SCC(C)=O)nnc12. The molecule has 0 N–H and O–H groups in total. The van der Waals surface area contributed by atoms with E-state index < -0.39 is 0 Å². The third-order valence-corrected chi connectivity index (χ3v) is 4.27. The Kier molecular flexibility index (Phi) is 3.50. The first-order valence-electron chi connectivity index (χ1n) is 6.62. The molecule has 3 aromatic rings. The molecule has 0 bridgehead atoms. The Morgan fingerprint density at radius 1 is 1.29 bits per heavy atom. The molecular formula is C14H14N4O2S. The molecule has 0 aliphatic carbocycles. The van der Waals surface area contributed by atoms with E-state index >= 15 is 0 Å². The highest BCUT2D eigenvalue weighted by atomic mass is 32.2. The van der Waals surface area contributed by atoms with Crippen LogP contribution in [0.1, 0.15) is 13.8 Å². The Morgan fingerprint density at radius 3 is 2.76 bits per heavy atom. The number of fused-ring (bicyclic) bond motifs is 3. The van der Waals surface area contributed by atoms with Gasteiger partial charge in [0.25, 0.3) is 5.56 Å². The number of thioether (sulfide) groups is 1. The fourth-order valence-electron chi connectivity index (χ4n) is 2.28. The molecular weight excluding hydrogens is 288 g/mol. The van der Waals surface area contributed by atoms with Crippen molar-refractivity contribution in [3.8, 4) is 0 Å². The molecule has 0 aliphatic rings. The van der Waals surface area contributed by atoms with Gasteiger partial charge in [-0.2, -0.15) is 0 Å². The van der Waals surface area contributed by atoms with E-state index in [9.17, 15) is 9.59 Å². The lowest BCUT2D eigenvalue weighted by Crippen LogP contribution is -2.22. The second-order valence-electron chi connectivity index (χ2n) is 4.68. The van der Waals surface area contributed by atoms with Crippen molar-refractivity contribution in [1.29, 1.82) is 0 Å². The third-order valence-electron chi connectivity index (χ3n) is 3.20. The number of hydrogen-bond acceptors (Lipinski definition) is 5. The van der Waals surface area contributed by atoms with Crippen LogP contribution in [0.2, 0.25) is 0 Å². The Bertz CT molecular complexity index is 897. The summed E-state index contributed by atoms with van der Waals surface area (Å²) in [7, 11) is 0. The molecule has 0 amide bonds. The molecule has 0 aliphatic heterocycles. The minimum absolute atomic E-state index is 0.0730. The van der Waals surface area contributed by atoms with Crippen molar-refractivity contribution in [2.24, 2.45) is 0 Å². The molecule has 0 saturated carbocycles. The standard InChI is InChI=1S/C14H14N4O2S/c1-3-17-12(20)10-6-4-5-7-11(10)18-13(17)15-16-14(18)21-8-9(2)19/h4-7H,3,8H2,1-2H3. The number of carbonyl (C=O) groups excluding carboxylic acids is 1. The van der Waals surface area contributed by atoms with Gasteiger partial charge in [-0.1, -0.05) is 23.9 Å². The predicted molar refractivity (Wildman–Crippen MR) is 81.8 cm³/mol. The lowest BCUT2D eigenvalue weighted by molar-refractivity contribution is -0.114. The minimum Gasteiger partial charge on any atom is -0.299 e. The van der Waals surface area contributed by atoms with Gasteiger partial charge in [0.05, 0.1) is 16.7 Å². The summed E-state index contributed by atoms with van der Waals surface area (Å²) in [6.07, 6.45) is 0. The van der Waals surface area contributed by atoms with Gasteiger partial charge < -0.3 is 0 Å². The average Bonchev–Trinajstić information content (AvgIpc) is 2.90. The van der Waals surface area contributed by atoms with Crippen LogP contribution in [0.5, 0.6) is 0 Å². The van der Waals surface area contributed by atoms with Gasteiger partial charge in [0.2, 0.25) is 5.78 Å². The number of para-hydroxylation sites is 1. The van der Waals surface area contributed by atoms with Crippen molar-refractivity contribution in [3.05, 3.63) is 34.6 Å². The van der Waals surface area contributed by atoms with Crippen LogP contribution in [0.15, 0.2) is 34.2 Å². The third kappa shape index (κ3) is 2.23. The van der Waals surface area contributed by atoms with Crippen molar-refractivity contribution in [2.75, 3.05) is 5.75 Å². The Hall–Kier alpha value is -2.15. The molecule has 2 heterocycles. The van der Waals surface area contributed by atoms with Crippen LogP contribution in [0.4, 0.5) is 0 Å². The summed E-state index contributed by atoms with van der Waals surface area (Å²) >= 11 is 1.33. The highest BCUT2D eigenvalue weighted by Gasteiger charge is 2.15. The van der Waals surface area contributed by atoms with Crippen molar-refractivity contribution in [1.82, 2.24) is 19.2 Å². The number of hydrogen-bond donors (Lipinski definition) is 0. The van der Waals surface area contributed by atoms with Gasteiger partial charge in [-0.25, -0.2) is 0 Å². The molecule has 0 fully saturated rings. The summed E-state index contributed by atoms with van der Waals surface area (Å²) in [6.45, 7) is 3.95. The van der Waals surface area contributed by atoms with Crippen molar-refractivity contribution < 1.29 is 4.79 Å². The molecule has 0 unspecified atom stereocenters. The van der Waals surface area contributed by atoms with E-state index in [1.807, 2.05) is 29.5 Å². The van der Waals surface area contributed by atoms with Gasteiger partial charge in [-0.05, 0) is 26.0 Å². The van der Waals surface area contributed by atoms with Gasteiger partial charge in [0, 0.05) is 6.54 Å². The van der Waals surface area contributed by atoms with E-state index in [0.717, 1.165) is 5.52 Å². The Balaban J connectivity index is 2.36. The maximum absolute atomic E-state index is 12.5. The number of ketones is 1. The van der Waals surface area contributed by atoms with Gasteiger partial charge in [0.1, 0.15) is 5.78 Å². The molecule has 6 nitrogen and oxygen atoms in total. The van der Waals surface area contributed by atoms with Crippen molar-refractivity contribution in [3.63, 3.8) is 0 Å². The summed E-state index contributed by atoms with van der Waals surface area (Å²) in [5.41, 5.74) is 0.689. The van der Waals surface area contributed by atoms with E-state index in [4.69, 9.17) is 0 Å². The molecule has 0 spiro atoms. The molecule has 0 saturated heterocycles. The highest BCUT2D eigenvalue weighted by molar-refractivity contribution is 7.99. The predicted octanol–water partition coefficient (Wildman–Crippen LogP) is 1.75. The molecule has 2 aromatic heterocycles.